The van der Waals surface area contributed by atoms with E-state index in [-0.39, 0.29) is 17.4 Å². The number of hydrogen-bond donors (Lipinski definition) is 2. The highest BCUT2D eigenvalue weighted by Crippen LogP contribution is 2.49. The van der Waals surface area contributed by atoms with Gasteiger partial charge in [0.1, 0.15) is 12.4 Å². The molecule has 6 atom stereocenters. The minimum atomic E-state index is -3.96. The Kier molecular flexibility index (Phi) is 10.3. The monoisotopic (exact) mass is 684 g/mol. The van der Waals surface area contributed by atoms with Gasteiger partial charge in [-0.1, -0.05) is 36.7 Å². The third-order valence-electron chi connectivity index (χ3n) is 11.2. The first-order chi connectivity index (χ1) is 22.5. The second-order valence-electron chi connectivity index (χ2n) is 14.3. The van der Waals surface area contributed by atoms with Gasteiger partial charge in [0.05, 0.1) is 22.6 Å². The van der Waals surface area contributed by atoms with Gasteiger partial charge in [0.25, 0.3) is 5.91 Å². The first-order valence-corrected chi connectivity index (χ1v) is 19.2. The van der Waals surface area contributed by atoms with Crippen LogP contribution in [-0.4, -0.2) is 56.6 Å². The number of anilines is 1. The summed E-state index contributed by atoms with van der Waals surface area (Å²) in [5.74, 6) is 0.545. The van der Waals surface area contributed by atoms with E-state index in [1.807, 2.05) is 31.2 Å². The molecule has 2 aliphatic carbocycles. The Hall–Kier alpha value is -2.59. The average Bonchev–Trinajstić information content (AvgIpc) is 3.88. The van der Waals surface area contributed by atoms with E-state index in [0.29, 0.717) is 42.1 Å². The van der Waals surface area contributed by atoms with Gasteiger partial charge in [0, 0.05) is 37.2 Å². The smallest absolute Gasteiger partial charge is 0.264 e. The van der Waals surface area contributed by atoms with Crippen LogP contribution in [0.25, 0.3) is 0 Å². The molecule has 2 aromatic rings. The van der Waals surface area contributed by atoms with Crippen molar-refractivity contribution in [2.24, 2.45) is 23.7 Å². The number of aryl methyl sites for hydroxylation is 1. The molecule has 2 aliphatic heterocycles. The number of carbonyl (C=O) groups is 1. The van der Waals surface area contributed by atoms with Crippen molar-refractivity contribution in [3.8, 4) is 5.75 Å². The molecule has 256 valence electrons. The van der Waals surface area contributed by atoms with Crippen molar-refractivity contribution >= 4 is 33.2 Å². The predicted octanol–water partition coefficient (Wildman–Crippen LogP) is 6.68. The Morgan fingerprint density at radius 3 is 2.64 bits per heavy atom. The number of allylic oxidation sites excluding steroid dienone is 1. The number of halogens is 1. The number of carbonyl (C=O) groups excluding carboxylic acids is 1. The molecule has 1 amide bonds. The second kappa shape index (κ2) is 14.1. The average molecular weight is 685 g/mol. The summed E-state index contributed by atoms with van der Waals surface area (Å²) in [6.45, 7) is 5.37. The molecule has 4 aliphatic rings. The normalized spacial score (nSPS) is 31.1. The van der Waals surface area contributed by atoms with Gasteiger partial charge in [-0.15, -0.1) is 0 Å². The van der Waals surface area contributed by atoms with E-state index >= 15 is 0 Å². The summed E-state index contributed by atoms with van der Waals surface area (Å²) in [5, 5.41) is 11.1. The number of sulfonamides is 1. The number of amides is 1. The van der Waals surface area contributed by atoms with E-state index in [9.17, 15) is 18.3 Å². The van der Waals surface area contributed by atoms with Gasteiger partial charge in [0.2, 0.25) is 10.0 Å². The summed E-state index contributed by atoms with van der Waals surface area (Å²) < 4.78 is 42.1. The summed E-state index contributed by atoms with van der Waals surface area (Å²) in [5.41, 5.74) is 2.65. The van der Waals surface area contributed by atoms with Crippen LogP contribution >= 0.6 is 11.6 Å². The van der Waals surface area contributed by atoms with Gasteiger partial charge in [-0.3, -0.25) is 4.79 Å². The molecule has 2 aromatic carbocycles. The summed E-state index contributed by atoms with van der Waals surface area (Å²) >= 11 is 6.36. The number of fused-ring (bicyclic) bond motifs is 3. The molecule has 0 saturated heterocycles. The highest BCUT2D eigenvalue weighted by Gasteiger charge is 2.49. The van der Waals surface area contributed by atoms with Gasteiger partial charge in [-0.25, -0.2) is 13.1 Å². The lowest BCUT2D eigenvalue weighted by molar-refractivity contribution is -0.100. The minimum Gasteiger partial charge on any atom is -0.487 e. The van der Waals surface area contributed by atoms with E-state index in [2.05, 4.69) is 15.7 Å². The molecule has 2 saturated carbocycles. The van der Waals surface area contributed by atoms with Crippen molar-refractivity contribution in [1.29, 1.82) is 0 Å². The van der Waals surface area contributed by atoms with Gasteiger partial charge in [-0.2, -0.15) is 0 Å². The molecule has 8 nitrogen and oxygen atoms in total. The summed E-state index contributed by atoms with van der Waals surface area (Å²) in [7, 11) is -2.21. The lowest BCUT2D eigenvalue weighted by Crippen LogP contribution is -2.52. The lowest BCUT2D eigenvalue weighted by atomic mass is 9.62. The molecule has 0 unspecified atom stereocenters. The van der Waals surface area contributed by atoms with Crippen molar-refractivity contribution in [2.45, 2.75) is 95.2 Å². The van der Waals surface area contributed by atoms with E-state index in [1.165, 1.54) is 5.56 Å². The Bertz CT molecular complexity index is 1590. The highest BCUT2D eigenvalue weighted by molar-refractivity contribution is 7.90. The molecule has 0 radical (unpaired) electrons. The molecule has 47 heavy (non-hydrogen) atoms. The minimum absolute atomic E-state index is 0.182. The fourth-order valence-electron chi connectivity index (χ4n) is 7.67. The van der Waals surface area contributed by atoms with Crippen LogP contribution in [-0.2, 0) is 27.8 Å². The maximum absolute atomic E-state index is 13.5. The van der Waals surface area contributed by atoms with Crippen molar-refractivity contribution in [1.82, 2.24) is 4.72 Å². The van der Waals surface area contributed by atoms with Crippen molar-refractivity contribution < 1.29 is 27.8 Å². The number of benzene rings is 2. The number of nitrogens with zero attached hydrogens (tertiary/aromatic N) is 1. The topological polar surface area (TPSA) is 105 Å². The zero-order chi connectivity index (χ0) is 33.3. The molecule has 2 bridgehead atoms. The maximum atomic E-state index is 13.5. The van der Waals surface area contributed by atoms with E-state index in [1.54, 1.807) is 32.2 Å². The van der Waals surface area contributed by atoms with E-state index < -0.39 is 32.9 Å². The molecule has 2 N–H and O–H groups in total. The Labute approximate surface area is 284 Å². The standard InChI is InChI=1S/C37H49ClN2O6S/c1-24-7-6-17-37(45-3,21-34(41)26-9-10-26)32-15-12-29(32)22-40-18-5-4-8-27-19-31(38)14-11-30(27)23-46-35-16-13-28(20-33(35)40)36(42)39-47(43,44)25(24)2/h6,11,13-14,16-17,19-20,24-26,29,32,34,41H,4-5,7-10,12,15,18,21-23H2,1-3H3,(H,39,42)/b17-6+/t24-,25+,29-,32+,34+,37+/m0/s1. The molecule has 0 spiro atoms. The van der Waals surface area contributed by atoms with Gasteiger partial charge >= 0.3 is 0 Å². The molecular weight excluding hydrogens is 636 g/mol. The van der Waals surface area contributed by atoms with E-state index in [0.717, 1.165) is 69.3 Å². The van der Waals surface area contributed by atoms with Crippen LogP contribution < -0.4 is 14.4 Å². The predicted molar refractivity (Wildman–Crippen MR) is 185 cm³/mol. The second-order valence-corrected chi connectivity index (χ2v) is 16.8. The summed E-state index contributed by atoms with van der Waals surface area (Å²) in [4.78, 5) is 15.8. The van der Waals surface area contributed by atoms with Crippen molar-refractivity contribution in [3.63, 3.8) is 0 Å². The fourth-order valence-corrected chi connectivity index (χ4v) is 9.15. The molecule has 2 fully saturated rings. The van der Waals surface area contributed by atoms with Crippen molar-refractivity contribution in [3.05, 3.63) is 70.3 Å². The number of aliphatic hydroxyl groups excluding tert-OH is 1. The Balaban J connectivity index is 1.41. The largest absolute Gasteiger partial charge is 0.487 e. The highest BCUT2D eigenvalue weighted by atomic mass is 35.5. The number of nitrogens with one attached hydrogen (secondary N) is 1. The van der Waals surface area contributed by atoms with E-state index in [4.69, 9.17) is 21.1 Å². The van der Waals surface area contributed by atoms with Gasteiger partial charge in [-0.05, 0) is 123 Å². The first kappa shape index (κ1) is 34.3. The van der Waals surface area contributed by atoms with Crippen molar-refractivity contribution in [2.75, 3.05) is 25.1 Å². The van der Waals surface area contributed by atoms with Crippen LogP contribution in [0.4, 0.5) is 5.69 Å². The van der Waals surface area contributed by atoms with Gasteiger partial charge in [0.15, 0.2) is 0 Å². The number of hydrogen-bond acceptors (Lipinski definition) is 7. The Morgan fingerprint density at radius 1 is 1.11 bits per heavy atom. The number of rotatable bonds is 4. The Morgan fingerprint density at radius 2 is 1.91 bits per heavy atom. The van der Waals surface area contributed by atoms with Gasteiger partial charge < -0.3 is 19.5 Å². The fraction of sp³-hybridized carbons (Fsp3) is 0.595. The molecular formula is C37H49ClN2O6S. The number of methoxy groups -OCH3 is 1. The number of ether oxygens (including phenoxy) is 2. The zero-order valence-electron chi connectivity index (χ0n) is 27.8. The quantitative estimate of drug-likeness (QED) is 0.346. The lowest BCUT2D eigenvalue weighted by Gasteiger charge is -2.50. The molecule has 0 aromatic heterocycles. The molecule has 2 heterocycles. The molecule has 10 heteroatoms. The van der Waals surface area contributed by atoms with Crippen LogP contribution in [0.15, 0.2) is 48.6 Å². The SMILES string of the molecule is CO[C@@]1(C[C@@H](O)C2CC2)/C=C/C[C@H](C)[C@@H](C)S(=O)(=O)NC(=O)c2ccc3c(c2)N(CCCCc2cc(Cl)ccc2CO3)C[C@@H]2CC[C@H]21. The third kappa shape index (κ3) is 7.53. The first-order valence-electron chi connectivity index (χ1n) is 17.3. The summed E-state index contributed by atoms with van der Waals surface area (Å²) in [6.07, 6.45) is 11.6. The molecule has 6 rings (SSSR count). The third-order valence-corrected chi connectivity index (χ3v) is 13.4. The van der Waals surface area contributed by atoms with Crippen LogP contribution in [0.3, 0.4) is 0 Å². The maximum Gasteiger partial charge on any atom is 0.264 e. The van der Waals surface area contributed by atoms with Crippen LogP contribution in [0.2, 0.25) is 5.02 Å². The van der Waals surface area contributed by atoms with Crippen LogP contribution in [0.5, 0.6) is 5.75 Å². The van der Waals surface area contributed by atoms with Crippen LogP contribution in [0.1, 0.15) is 86.7 Å². The zero-order valence-corrected chi connectivity index (χ0v) is 29.4. The number of aliphatic hydroxyl groups is 1. The summed E-state index contributed by atoms with van der Waals surface area (Å²) in [6, 6.07) is 11.1. The van der Waals surface area contributed by atoms with Crippen LogP contribution in [0, 0.1) is 23.7 Å².